The molecular weight excluding hydrogens is 240 g/mol. The standard InChI is InChI=1S/C11H18N2O3S/c1-8(2)16-9-6-5-7-10(11(9)12)17(14,15)13(3)4/h5-8H,12H2,1-4H3. The van der Waals surface area contributed by atoms with Crippen molar-refractivity contribution in [2.24, 2.45) is 0 Å². The molecule has 1 aromatic rings. The molecule has 0 bridgehead atoms. The SMILES string of the molecule is CC(C)Oc1cccc(S(=O)(=O)N(C)C)c1N. The van der Waals surface area contributed by atoms with Gasteiger partial charge in [0.25, 0.3) is 0 Å². The van der Waals surface area contributed by atoms with Gasteiger partial charge in [-0.15, -0.1) is 0 Å². The number of nitrogens with zero attached hydrogens (tertiary/aromatic N) is 1. The fourth-order valence-corrected chi connectivity index (χ4v) is 2.32. The Morgan fingerprint density at radius 3 is 2.35 bits per heavy atom. The normalized spacial score (nSPS) is 12.1. The van der Waals surface area contributed by atoms with Gasteiger partial charge in [-0.05, 0) is 26.0 Å². The van der Waals surface area contributed by atoms with E-state index in [0.29, 0.717) is 5.75 Å². The molecule has 17 heavy (non-hydrogen) atoms. The summed E-state index contributed by atoms with van der Waals surface area (Å²) in [6.45, 7) is 3.71. The summed E-state index contributed by atoms with van der Waals surface area (Å²) in [6.07, 6.45) is -0.0605. The molecule has 1 aromatic carbocycles. The molecule has 0 aliphatic heterocycles. The van der Waals surface area contributed by atoms with E-state index < -0.39 is 10.0 Å². The first-order chi connectivity index (χ1) is 7.76. The Morgan fingerprint density at radius 2 is 1.88 bits per heavy atom. The summed E-state index contributed by atoms with van der Waals surface area (Å²) in [6, 6.07) is 4.74. The number of para-hydroxylation sites is 1. The van der Waals surface area contributed by atoms with Gasteiger partial charge in [0.05, 0.1) is 11.8 Å². The number of ether oxygens (including phenoxy) is 1. The first-order valence-electron chi connectivity index (χ1n) is 5.24. The smallest absolute Gasteiger partial charge is 0.244 e. The number of rotatable bonds is 4. The summed E-state index contributed by atoms with van der Waals surface area (Å²) in [7, 11) is -0.611. The molecule has 0 heterocycles. The van der Waals surface area contributed by atoms with Gasteiger partial charge >= 0.3 is 0 Å². The van der Waals surface area contributed by atoms with Gasteiger partial charge in [-0.1, -0.05) is 6.07 Å². The molecule has 1 rings (SSSR count). The summed E-state index contributed by atoms with van der Waals surface area (Å²) in [5.41, 5.74) is 5.97. The molecule has 0 atom stereocenters. The van der Waals surface area contributed by atoms with Crippen LogP contribution in [0.4, 0.5) is 5.69 Å². The van der Waals surface area contributed by atoms with Gasteiger partial charge in [0.2, 0.25) is 10.0 Å². The third-order valence-corrected chi connectivity index (χ3v) is 4.02. The number of anilines is 1. The van der Waals surface area contributed by atoms with Crippen LogP contribution in [0.1, 0.15) is 13.8 Å². The van der Waals surface area contributed by atoms with E-state index in [9.17, 15) is 8.42 Å². The zero-order chi connectivity index (χ0) is 13.2. The maximum Gasteiger partial charge on any atom is 0.244 e. The average molecular weight is 258 g/mol. The number of nitrogens with two attached hydrogens (primary N) is 1. The Hall–Kier alpha value is -1.27. The van der Waals surface area contributed by atoms with E-state index in [4.69, 9.17) is 10.5 Å². The van der Waals surface area contributed by atoms with Crippen LogP contribution in [0.5, 0.6) is 5.75 Å². The van der Waals surface area contributed by atoms with Crippen LogP contribution in [-0.4, -0.2) is 32.9 Å². The molecular formula is C11H18N2O3S. The Balaban J connectivity index is 3.29. The van der Waals surface area contributed by atoms with Crippen LogP contribution in [0.25, 0.3) is 0 Å². The lowest BCUT2D eigenvalue weighted by Crippen LogP contribution is -2.23. The van der Waals surface area contributed by atoms with Crippen molar-refractivity contribution in [3.63, 3.8) is 0 Å². The summed E-state index contributed by atoms with van der Waals surface area (Å²) < 4.78 is 30.5. The number of sulfonamides is 1. The Kier molecular flexibility index (Phi) is 4.00. The minimum absolute atomic E-state index is 0.0605. The maximum absolute atomic E-state index is 12.0. The van der Waals surface area contributed by atoms with Crippen molar-refractivity contribution in [3.05, 3.63) is 18.2 Å². The minimum Gasteiger partial charge on any atom is -0.489 e. The predicted octanol–water partition coefficient (Wildman–Crippen LogP) is 1.31. The van der Waals surface area contributed by atoms with Gasteiger partial charge in [0, 0.05) is 14.1 Å². The molecule has 96 valence electrons. The van der Waals surface area contributed by atoms with E-state index in [2.05, 4.69) is 0 Å². The van der Waals surface area contributed by atoms with E-state index in [0.717, 1.165) is 4.31 Å². The zero-order valence-electron chi connectivity index (χ0n) is 10.5. The second-order valence-corrected chi connectivity index (χ2v) is 6.24. The van der Waals surface area contributed by atoms with Crippen molar-refractivity contribution in [1.29, 1.82) is 0 Å². The maximum atomic E-state index is 12.0. The summed E-state index contributed by atoms with van der Waals surface area (Å²) in [4.78, 5) is 0.0700. The van der Waals surface area contributed by atoms with E-state index in [1.807, 2.05) is 13.8 Å². The second kappa shape index (κ2) is 4.93. The molecule has 0 spiro atoms. The highest BCUT2D eigenvalue weighted by Gasteiger charge is 2.22. The summed E-state index contributed by atoms with van der Waals surface area (Å²) in [5, 5.41) is 0. The van der Waals surface area contributed by atoms with Crippen LogP contribution in [-0.2, 0) is 10.0 Å². The van der Waals surface area contributed by atoms with Crippen molar-refractivity contribution in [1.82, 2.24) is 4.31 Å². The molecule has 0 radical (unpaired) electrons. The van der Waals surface area contributed by atoms with Crippen LogP contribution in [0, 0.1) is 0 Å². The highest BCUT2D eigenvalue weighted by molar-refractivity contribution is 7.89. The molecule has 0 amide bonds. The van der Waals surface area contributed by atoms with Gasteiger partial charge in [0.15, 0.2) is 0 Å². The van der Waals surface area contributed by atoms with Gasteiger partial charge in [-0.2, -0.15) is 0 Å². The minimum atomic E-state index is -3.54. The summed E-state index contributed by atoms with van der Waals surface area (Å²) >= 11 is 0. The van der Waals surface area contributed by atoms with Crippen LogP contribution < -0.4 is 10.5 Å². The fraction of sp³-hybridized carbons (Fsp3) is 0.455. The van der Waals surface area contributed by atoms with Crippen LogP contribution in [0.2, 0.25) is 0 Å². The van der Waals surface area contributed by atoms with Crippen molar-refractivity contribution in [3.8, 4) is 5.75 Å². The Morgan fingerprint density at radius 1 is 1.29 bits per heavy atom. The molecule has 0 unspecified atom stereocenters. The number of hydrogen-bond acceptors (Lipinski definition) is 4. The lowest BCUT2D eigenvalue weighted by Gasteiger charge is -2.17. The van der Waals surface area contributed by atoms with Crippen molar-refractivity contribution >= 4 is 15.7 Å². The molecule has 0 fully saturated rings. The van der Waals surface area contributed by atoms with Gasteiger partial charge in [-0.25, -0.2) is 12.7 Å². The second-order valence-electron chi connectivity index (χ2n) is 4.12. The van der Waals surface area contributed by atoms with E-state index in [1.54, 1.807) is 12.1 Å². The largest absolute Gasteiger partial charge is 0.489 e. The van der Waals surface area contributed by atoms with Gasteiger partial charge in [-0.3, -0.25) is 0 Å². The van der Waals surface area contributed by atoms with Crippen LogP contribution in [0.3, 0.4) is 0 Å². The average Bonchev–Trinajstić information content (AvgIpc) is 2.20. The molecule has 2 N–H and O–H groups in total. The number of benzene rings is 1. The molecule has 0 aromatic heterocycles. The molecule has 0 aliphatic carbocycles. The van der Waals surface area contributed by atoms with Crippen LogP contribution in [0.15, 0.2) is 23.1 Å². The number of nitrogen functional groups attached to an aromatic ring is 1. The first kappa shape index (κ1) is 13.8. The number of hydrogen-bond donors (Lipinski definition) is 1. The lowest BCUT2D eigenvalue weighted by atomic mass is 10.3. The molecule has 0 saturated heterocycles. The van der Waals surface area contributed by atoms with Crippen molar-refractivity contribution in [2.75, 3.05) is 19.8 Å². The topological polar surface area (TPSA) is 72.6 Å². The predicted molar refractivity (Wildman–Crippen MR) is 67.5 cm³/mol. The third-order valence-electron chi connectivity index (χ3n) is 2.15. The molecule has 0 aliphatic rings. The van der Waals surface area contributed by atoms with E-state index in [-0.39, 0.29) is 16.7 Å². The molecule has 0 saturated carbocycles. The van der Waals surface area contributed by atoms with Crippen molar-refractivity contribution in [2.45, 2.75) is 24.8 Å². The first-order valence-corrected chi connectivity index (χ1v) is 6.68. The van der Waals surface area contributed by atoms with E-state index in [1.165, 1.54) is 20.2 Å². The zero-order valence-corrected chi connectivity index (χ0v) is 11.3. The van der Waals surface area contributed by atoms with Crippen molar-refractivity contribution < 1.29 is 13.2 Å². The molecule has 6 heteroatoms. The monoisotopic (exact) mass is 258 g/mol. The third kappa shape index (κ3) is 2.89. The quantitative estimate of drug-likeness (QED) is 0.826. The fourth-order valence-electron chi connectivity index (χ4n) is 1.30. The lowest BCUT2D eigenvalue weighted by molar-refractivity contribution is 0.243. The highest BCUT2D eigenvalue weighted by Crippen LogP contribution is 2.30. The summed E-state index contributed by atoms with van der Waals surface area (Å²) in [5.74, 6) is 0.392. The van der Waals surface area contributed by atoms with Crippen LogP contribution >= 0.6 is 0 Å². The van der Waals surface area contributed by atoms with Gasteiger partial charge < -0.3 is 10.5 Å². The molecule has 5 nitrogen and oxygen atoms in total. The Bertz CT molecular complexity index is 495. The highest BCUT2D eigenvalue weighted by atomic mass is 32.2. The Labute approximate surface area is 102 Å². The van der Waals surface area contributed by atoms with E-state index >= 15 is 0 Å². The van der Waals surface area contributed by atoms with Gasteiger partial charge in [0.1, 0.15) is 10.6 Å².